The number of hydrogen-bond acceptors (Lipinski definition) is 5. The fourth-order valence-electron chi connectivity index (χ4n) is 0.670. The first-order valence-electron chi connectivity index (χ1n) is 3.50. The third-order valence-corrected chi connectivity index (χ3v) is 1.48. The number of aliphatic hydroxyl groups excluding tert-OH is 2. The molecule has 0 aromatic rings. The minimum absolute atomic E-state index is 0.386. The van der Waals surface area contributed by atoms with Crippen molar-refractivity contribution in [3.63, 3.8) is 0 Å². The van der Waals surface area contributed by atoms with Gasteiger partial charge in [0, 0.05) is 6.42 Å². The van der Waals surface area contributed by atoms with Crippen LogP contribution in [-0.4, -0.2) is 45.4 Å². The first-order chi connectivity index (χ1) is 5.86. The van der Waals surface area contributed by atoms with E-state index in [1.54, 1.807) is 0 Å². The zero-order valence-corrected chi connectivity index (χ0v) is 6.75. The maximum Gasteiger partial charge on any atom is 0.335 e. The van der Waals surface area contributed by atoms with Crippen LogP contribution in [0.1, 0.15) is 6.42 Å². The van der Waals surface area contributed by atoms with Gasteiger partial charge in [0.1, 0.15) is 0 Å². The van der Waals surface area contributed by atoms with Crippen molar-refractivity contribution in [2.75, 3.05) is 0 Å². The molecule has 1 amide bonds. The SMILES string of the molecule is NC(=O)[C@H](N)C[C@H](O)[C@H](O)C(=O)O. The van der Waals surface area contributed by atoms with Crippen molar-refractivity contribution >= 4 is 11.9 Å². The third kappa shape index (κ3) is 3.83. The van der Waals surface area contributed by atoms with Gasteiger partial charge >= 0.3 is 5.97 Å². The Morgan fingerprint density at radius 3 is 2.08 bits per heavy atom. The lowest BCUT2D eigenvalue weighted by Gasteiger charge is -2.16. The van der Waals surface area contributed by atoms with Crippen LogP contribution in [0.4, 0.5) is 0 Å². The highest BCUT2D eigenvalue weighted by Crippen LogP contribution is 2.01. The molecule has 0 unspecified atom stereocenters. The molecule has 0 saturated heterocycles. The fourth-order valence-corrected chi connectivity index (χ4v) is 0.670. The number of carbonyl (C=O) groups is 2. The van der Waals surface area contributed by atoms with Gasteiger partial charge < -0.3 is 26.8 Å². The number of carboxylic acids is 1. The second-order valence-corrected chi connectivity index (χ2v) is 2.59. The molecule has 0 aliphatic rings. The molecule has 7 heteroatoms. The van der Waals surface area contributed by atoms with Gasteiger partial charge in [-0.05, 0) is 0 Å². The Hall–Kier alpha value is -1.18. The van der Waals surface area contributed by atoms with Crippen LogP contribution in [0.3, 0.4) is 0 Å². The molecule has 0 heterocycles. The summed E-state index contributed by atoms with van der Waals surface area (Å²) in [5, 5.41) is 26.0. The quantitative estimate of drug-likeness (QED) is 0.313. The summed E-state index contributed by atoms with van der Waals surface area (Å²) in [6.07, 6.45) is -3.94. The summed E-state index contributed by atoms with van der Waals surface area (Å²) >= 11 is 0. The monoisotopic (exact) mass is 192 g/mol. The molecule has 0 bridgehead atoms. The first kappa shape index (κ1) is 11.8. The van der Waals surface area contributed by atoms with Crippen molar-refractivity contribution in [2.45, 2.75) is 24.7 Å². The smallest absolute Gasteiger partial charge is 0.335 e. The molecule has 0 aromatic carbocycles. The Morgan fingerprint density at radius 2 is 1.77 bits per heavy atom. The number of primary amides is 1. The minimum Gasteiger partial charge on any atom is -0.479 e. The van der Waals surface area contributed by atoms with Gasteiger partial charge in [-0.1, -0.05) is 0 Å². The van der Waals surface area contributed by atoms with Gasteiger partial charge in [0.05, 0.1) is 12.1 Å². The van der Waals surface area contributed by atoms with E-state index < -0.39 is 30.1 Å². The predicted molar refractivity (Wildman–Crippen MR) is 41.4 cm³/mol. The van der Waals surface area contributed by atoms with E-state index >= 15 is 0 Å². The largest absolute Gasteiger partial charge is 0.479 e. The molecule has 13 heavy (non-hydrogen) atoms. The summed E-state index contributed by atoms with van der Waals surface area (Å²) in [6.45, 7) is 0. The molecule has 0 aliphatic carbocycles. The van der Waals surface area contributed by atoms with Crippen LogP contribution in [0.25, 0.3) is 0 Å². The van der Waals surface area contributed by atoms with Crippen LogP contribution in [-0.2, 0) is 9.59 Å². The van der Waals surface area contributed by atoms with Crippen LogP contribution in [0, 0.1) is 0 Å². The lowest BCUT2D eigenvalue weighted by atomic mass is 10.1. The summed E-state index contributed by atoms with van der Waals surface area (Å²) in [6, 6.07) is -1.16. The second-order valence-electron chi connectivity index (χ2n) is 2.59. The molecule has 3 atom stereocenters. The lowest BCUT2D eigenvalue weighted by molar-refractivity contribution is -0.153. The average molecular weight is 192 g/mol. The normalized spacial score (nSPS) is 17.5. The number of nitrogens with two attached hydrogens (primary N) is 2. The van der Waals surface area contributed by atoms with E-state index in [2.05, 4.69) is 0 Å². The molecule has 0 aromatic heterocycles. The molecule has 7 nitrogen and oxygen atoms in total. The number of amides is 1. The van der Waals surface area contributed by atoms with E-state index in [0.29, 0.717) is 0 Å². The fraction of sp³-hybridized carbons (Fsp3) is 0.667. The number of aliphatic carboxylic acids is 1. The van der Waals surface area contributed by atoms with Crippen LogP contribution in [0.15, 0.2) is 0 Å². The number of hydrogen-bond donors (Lipinski definition) is 5. The number of carboxylic acid groups (broad SMARTS) is 1. The Bertz CT molecular complexity index is 207. The zero-order valence-electron chi connectivity index (χ0n) is 6.75. The summed E-state index contributed by atoms with van der Waals surface area (Å²) < 4.78 is 0. The first-order valence-corrected chi connectivity index (χ1v) is 3.50. The van der Waals surface area contributed by atoms with Gasteiger partial charge in [0.2, 0.25) is 5.91 Å². The van der Waals surface area contributed by atoms with E-state index in [0.717, 1.165) is 0 Å². The van der Waals surface area contributed by atoms with Crippen LogP contribution < -0.4 is 11.5 Å². The number of rotatable bonds is 5. The van der Waals surface area contributed by atoms with Crippen LogP contribution >= 0.6 is 0 Å². The summed E-state index contributed by atoms with van der Waals surface area (Å²) in [5.41, 5.74) is 9.87. The molecule has 0 aliphatic heterocycles. The highest BCUT2D eigenvalue weighted by atomic mass is 16.4. The number of carbonyl (C=O) groups excluding carboxylic acids is 1. The van der Waals surface area contributed by atoms with E-state index in [1.807, 2.05) is 0 Å². The summed E-state index contributed by atoms with van der Waals surface area (Å²) in [5.74, 6) is -2.44. The van der Waals surface area contributed by atoms with Crippen molar-refractivity contribution in [1.82, 2.24) is 0 Å². The van der Waals surface area contributed by atoms with Gasteiger partial charge in [0.25, 0.3) is 0 Å². The van der Waals surface area contributed by atoms with Gasteiger partial charge in [-0.25, -0.2) is 4.79 Å². The molecule has 0 rings (SSSR count). The molecule has 0 spiro atoms. The highest BCUT2D eigenvalue weighted by molar-refractivity contribution is 5.79. The zero-order chi connectivity index (χ0) is 10.6. The average Bonchev–Trinajstić information content (AvgIpc) is 2.02. The van der Waals surface area contributed by atoms with E-state index in [1.165, 1.54) is 0 Å². The van der Waals surface area contributed by atoms with Gasteiger partial charge in [-0.2, -0.15) is 0 Å². The lowest BCUT2D eigenvalue weighted by Crippen LogP contribution is -2.44. The van der Waals surface area contributed by atoms with Gasteiger partial charge in [-0.3, -0.25) is 4.79 Å². The van der Waals surface area contributed by atoms with Crippen molar-refractivity contribution < 1.29 is 24.9 Å². The van der Waals surface area contributed by atoms with Crippen molar-refractivity contribution in [2.24, 2.45) is 11.5 Å². The Morgan fingerprint density at radius 1 is 1.31 bits per heavy atom. The Labute approximate surface area is 73.9 Å². The summed E-state index contributed by atoms with van der Waals surface area (Å²) in [4.78, 5) is 20.5. The third-order valence-electron chi connectivity index (χ3n) is 1.48. The van der Waals surface area contributed by atoms with Gasteiger partial charge in [-0.15, -0.1) is 0 Å². The van der Waals surface area contributed by atoms with Crippen molar-refractivity contribution in [1.29, 1.82) is 0 Å². The molecule has 7 N–H and O–H groups in total. The predicted octanol–water partition coefficient (Wildman–Crippen LogP) is -3.00. The Balaban J connectivity index is 4.06. The molecule has 0 fully saturated rings. The maximum atomic E-state index is 10.4. The molecule has 76 valence electrons. The molecular formula is C6H12N2O5. The van der Waals surface area contributed by atoms with Crippen molar-refractivity contribution in [3.8, 4) is 0 Å². The number of aliphatic hydroxyl groups is 2. The topological polar surface area (TPSA) is 147 Å². The summed E-state index contributed by atoms with van der Waals surface area (Å²) in [7, 11) is 0. The molecular weight excluding hydrogens is 180 g/mol. The second kappa shape index (κ2) is 4.75. The van der Waals surface area contributed by atoms with E-state index in [-0.39, 0.29) is 6.42 Å². The molecule has 0 radical (unpaired) electrons. The van der Waals surface area contributed by atoms with E-state index in [9.17, 15) is 9.59 Å². The van der Waals surface area contributed by atoms with Gasteiger partial charge in [0.15, 0.2) is 6.10 Å². The Kier molecular flexibility index (Phi) is 4.32. The standard InChI is InChI=1S/C6H12N2O5/c7-2(5(8)11)1-3(9)4(10)6(12)13/h2-4,9-10H,1,7H2,(H2,8,11)(H,12,13)/t2-,3+,4+/m1/s1. The maximum absolute atomic E-state index is 10.4. The van der Waals surface area contributed by atoms with E-state index in [4.69, 9.17) is 26.8 Å². The molecule has 0 saturated carbocycles. The van der Waals surface area contributed by atoms with Crippen LogP contribution in [0.2, 0.25) is 0 Å². The minimum atomic E-state index is -1.95. The highest BCUT2D eigenvalue weighted by Gasteiger charge is 2.26. The van der Waals surface area contributed by atoms with Crippen molar-refractivity contribution in [3.05, 3.63) is 0 Å². The van der Waals surface area contributed by atoms with Crippen LogP contribution in [0.5, 0.6) is 0 Å².